The third-order valence-corrected chi connectivity index (χ3v) is 5.46. The molecule has 0 spiro atoms. The van der Waals surface area contributed by atoms with E-state index in [0.29, 0.717) is 5.92 Å². The highest BCUT2D eigenvalue weighted by Gasteiger charge is 2.23. The Morgan fingerprint density at radius 1 is 1.14 bits per heavy atom. The Morgan fingerprint density at radius 3 is 2.95 bits per heavy atom. The first-order valence-corrected chi connectivity index (χ1v) is 8.19. The van der Waals surface area contributed by atoms with Gasteiger partial charge in [0.25, 0.3) is 0 Å². The molecule has 1 aliphatic heterocycles. The number of thioether (sulfide) groups is 1. The first-order chi connectivity index (χ1) is 10.4. The number of nitrogens with zero attached hydrogens (tertiary/aromatic N) is 1. The summed E-state index contributed by atoms with van der Waals surface area (Å²) in [6, 6.07) is 17.2. The Hall–Kier alpha value is -1.87. The number of aromatic nitrogens is 1. The van der Waals surface area contributed by atoms with Gasteiger partial charge in [-0.1, -0.05) is 24.3 Å². The summed E-state index contributed by atoms with van der Waals surface area (Å²) in [7, 11) is 1.73. The molecule has 1 atom stereocenters. The monoisotopic (exact) mass is 295 g/mol. The summed E-state index contributed by atoms with van der Waals surface area (Å²) in [6.45, 7) is 1.03. The Kier molecular flexibility index (Phi) is 3.15. The summed E-state index contributed by atoms with van der Waals surface area (Å²) in [5.74, 6) is 2.71. The van der Waals surface area contributed by atoms with Crippen molar-refractivity contribution in [1.29, 1.82) is 0 Å². The normalized spacial score (nSPS) is 17.1. The molecule has 1 aromatic heterocycles. The van der Waals surface area contributed by atoms with E-state index in [2.05, 4.69) is 53.2 Å². The SMILES string of the molecule is COc1cccc2c1ccn2CC1CSc2ccccc21. The van der Waals surface area contributed by atoms with Crippen LogP contribution < -0.4 is 4.74 Å². The van der Waals surface area contributed by atoms with Gasteiger partial charge in [0.2, 0.25) is 0 Å². The van der Waals surface area contributed by atoms with Crippen LogP contribution in [0.5, 0.6) is 5.75 Å². The van der Waals surface area contributed by atoms with E-state index < -0.39 is 0 Å². The van der Waals surface area contributed by atoms with Crippen LogP contribution in [0.4, 0.5) is 0 Å². The second kappa shape index (κ2) is 5.15. The second-order valence-electron chi connectivity index (χ2n) is 5.41. The minimum Gasteiger partial charge on any atom is -0.496 e. The number of ether oxygens (including phenoxy) is 1. The molecule has 3 aromatic rings. The highest BCUT2D eigenvalue weighted by molar-refractivity contribution is 7.99. The van der Waals surface area contributed by atoms with E-state index in [9.17, 15) is 0 Å². The van der Waals surface area contributed by atoms with Gasteiger partial charge in [0.05, 0.1) is 12.6 Å². The molecule has 0 radical (unpaired) electrons. The van der Waals surface area contributed by atoms with Crippen molar-refractivity contribution in [2.24, 2.45) is 0 Å². The van der Waals surface area contributed by atoms with E-state index in [1.807, 2.05) is 17.8 Å². The molecule has 1 aliphatic rings. The highest BCUT2D eigenvalue weighted by atomic mass is 32.2. The van der Waals surface area contributed by atoms with Crippen molar-refractivity contribution in [3.8, 4) is 5.75 Å². The first-order valence-electron chi connectivity index (χ1n) is 7.20. The number of fused-ring (bicyclic) bond motifs is 2. The smallest absolute Gasteiger partial charge is 0.128 e. The zero-order valence-corrected chi connectivity index (χ0v) is 12.8. The van der Waals surface area contributed by atoms with Gasteiger partial charge in [-0.25, -0.2) is 0 Å². The maximum atomic E-state index is 5.45. The Labute approximate surface area is 128 Å². The van der Waals surface area contributed by atoms with Crippen LogP contribution in [0.3, 0.4) is 0 Å². The number of hydrogen-bond donors (Lipinski definition) is 0. The molecule has 0 bridgehead atoms. The molecule has 21 heavy (non-hydrogen) atoms. The summed E-state index contributed by atoms with van der Waals surface area (Å²) in [6.07, 6.45) is 2.18. The van der Waals surface area contributed by atoms with Crippen LogP contribution in [0.15, 0.2) is 59.6 Å². The van der Waals surface area contributed by atoms with Gasteiger partial charge in [0, 0.05) is 34.7 Å². The summed E-state index contributed by atoms with van der Waals surface area (Å²) < 4.78 is 7.80. The van der Waals surface area contributed by atoms with Crippen molar-refractivity contribution in [1.82, 2.24) is 4.57 Å². The van der Waals surface area contributed by atoms with Crippen LogP contribution in [0.2, 0.25) is 0 Å². The van der Waals surface area contributed by atoms with Gasteiger partial charge in [-0.3, -0.25) is 0 Å². The standard InChI is InChI=1S/C18H17NOS/c1-20-17-7-4-6-16-15(17)9-10-19(16)11-13-12-21-18-8-3-2-5-14(13)18/h2-10,13H,11-12H2,1H3. The molecule has 0 saturated heterocycles. The fraction of sp³-hybridized carbons (Fsp3) is 0.222. The van der Waals surface area contributed by atoms with Crippen LogP contribution in [0.25, 0.3) is 10.9 Å². The summed E-state index contributed by atoms with van der Waals surface area (Å²) >= 11 is 1.97. The maximum Gasteiger partial charge on any atom is 0.128 e. The Bertz CT molecular complexity index is 793. The summed E-state index contributed by atoms with van der Waals surface area (Å²) in [5.41, 5.74) is 2.75. The molecule has 106 valence electrons. The molecular formula is C18H17NOS. The van der Waals surface area contributed by atoms with Gasteiger partial charge in [0.15, 0.2) is 0 Å². The molecule has 2 nitrogen and oxygen atoms in total. The Morgan fingerprint density at radius 2 is 2.05 bits per heavy atom. The lowest BCUT2D eigenvalue weighted by Crippen LogP contribution is -2.07. The number of benzene rings is 2. The molecule has 3 heteroatoms. The zero-order chi connectivity index (χ0) is 14.2. The van der Waals surface area contributed by atoms with E-state index in [0.717, 1.165) is 12.3 Å². The minimum absolute atomic E-state index is 0.591. The molecular weight excluding hydrogens is 278 g/mol. The predicted octanol–water partition coefficient (Wildman–Crippen LogP) is 4.54. The summed E-state index contributed by atoms with van der Waals surface area (Å²) in [5, 5.41) is 1.19. The molecule has 0 fully saturated rings. The van der Waals surface area contributed by atoms with E-state index in [1.54, 1.807) is 7.11 Å². The van der Waals surface area contributed by atoms with Gasteiger partial charge < -0.3 is 9.30 Å². The number of rotatable bonds is 3. The van der Waals surface area contributed by atoms with Crippen molar-refractivity contribution in [2.75, 3.05) is 12.9 Å². The topological polar surface area (TPSA) is 14.2 Å². The van der Waals surface area contributed by atoms with E-state index in [4.69, 9.17) is 4.74 Å². The van der Waals surface area contributed by atoms with Gasteiger partial charge >= 0.3 is 0 Å². The lowest BCUT2D eigenvalue weighted by atomic mass is 10.0. The van der Waals surface area contributed by atoms with Crippen LogP contribution in [0, 0.1) is 0 Å². The van der Waals surface area contributed by atoms with Gasteiger partial charge in [-0.05, 0) is 29.8 Å². The lowest BCUT2D eigenvalue weighted by Gasteiger charge is -2.13. The molecule has 0 saturated carbocycles. The van der Waals surface area contributed by atoms with E-state index >= 15 is 0 Å². The average Bonchev–Trinajstić information content (AvgIpc) is 3.13. The van der Waals surface area contributed by atoms with E-state index in [1.165, 1.54) is 27.1 Å². The van der Waals surface area contributed by atoms with Crippen molar-refractivity contribution < 1.29 is 4.74 Å². The van der Waals surface area contributed by atoms with Crippen LogP contribution >= 0.6 is 11.8 Å². The van der Waals surface area contributed by atoms with Crippen molar-refractivity contribution in [2.45, 2.75) is 17.4 Å². The molecule has 1 unspecified atom stereocenters. The summed E-state index contributed by atoms with van der Waals surface area (Å²) in [4.78, 5) is 1.44. The quantitative estimate of drug-likeness (QED) is 0.704. The zero-order valence-electron chi connectivity index (χ0n) is 12.0. The average molecular weight is 295 g/mol. The van der Waals surface area contributed by atoms with Gasteiger partial charge in [-0.2, -0.15) is 0 Å². The van der Waals surface area contributed by atoms with Crippen molar-refractivity contribution in [3.63, 3.8) is 0 Å². The molecule has 0 aliphatic carbocycles. The highest BCUT2D eigenvalue weighted by Crippen LogP contribution is 2.40. The molecule has 2 heterocycles. The molecule has 4 rings (SSSR count). The van der Waals surface area contributed by atoms with Crippen LogP contribution in [0.1, 0.15) is 11.5 Å². The van der Waals surface area contributed by atoms with Gasteiger partial charge in [0.1, 0.15) is 5.75 Å². The fourth-order valence-electron chi connectivity index (χ4n) is 3.15. The minimum atomic E-state index is 0.591. The lowest BCUT2D eigenvalue weighted by molar-refractivity contribution is 0.420. The molecule has 0 amide bonds. The fourth-order valence-corrected chi connectivity index (χ4v) is 4.39. The number of methoxy groups -OCH3 is 1. The Balaban J connectivity index is 1.70. The third-order valence-electron chi connectivity index (χ3n) is 4.21. The van der Waals surface area contributed by atoms with Crippen molar-refractivity contribution >= 4 is 22.7 Å². The molecule has 2 aromatic carbocycles. The van der Waals surface area contributed by atoms with E-state index in [-0.39, 0.29) is 0 Å². The predicted molar refractivity (Wildman–Crippen MR) is 88.4 cm³/mol. The number of hydrogen-bond acceptors (Lipinski definition) is 2. The third kappa shape index (κ3) is 2.12. The van der Waals surface area contributed by atoms with Crippen LogP contribution in [-0.2, 0) is 6.54 Å². The maximum absolute atomic E-state index is 5.45. The first kappa shape index (κ1) is 12.8. The van der Waals surface area contributed by atoms with Crippen molar-refractivity contribution in [3.05, 3.63) is 60.3 Å². The second-order valence-corrected chi connectivity index (χ2v) is 6.47. The van der Waals surface area contributed by atoms with Gasteiger partial charge in [-0.15, -0.1) is 11.8 Å². The van der Waals surface area contributed by atoms with Crippen LogP contribution in [-0.4, -0.2) is 17.4 Å². The largest absolute Gasteiger partial charge is 0.496 e. The molecule has 0 N–H and O–H groups in total.